The van der Waals surface area contributed by atoms with Gasteiger partial charge in [-0.1, -0.05) is 6.07 Å². The van der Waals surface area contributed by atoms with Crippen LogP contribution in [0.4, 0.5) is 0 Å². The fourth-order valence-electron chi connectivity index (χ4n) is 2.65. The molecule has 3 rings (SSSR count). The Labute approximate surface area is 135 Å². The lowest BCUT2D eigenvalue weighted by Crippen LogP contribution is -2.29. The number of pyridine rings is 1. The molecule has 0 saturated heterocycles. The van der Waals surface area contributed by atoms with Crippen molar-refractivity contribution in [1.29, 1.82) is 0 Å². The van der Waals surface area contributed by atoms with Crippen molar-refractivity contribution in [3.05, 3.63) is 36.4 Å². The fraction of sp³-hybridized carbons (Fsp3) is 0.412. The molecule has 118 valence electrons. The van der Waals surface area contributed by atoms with Crippen molar-refractivity contribution < 1.29 is 4.79 Å². The summed E-state index contributed by atoms with van der Waals surface area (Å²) >= 11 is 0. The van der Waals surface area contributed by atoms with Crippen LogP contribution in [-0.4, -0.2) is 21.0 Å². The van der Waals surface area contributed by atoms with Crippen LogP contribution < -0.4 is 5.32 Å². The summed E-state index contributed by atoms with van der Waals surface area (Å²) in [7, 11) is 0. The van der Waals surface area contributed by atoms with Crippen LogP contribution in [0.2, 0.25) is 0 Å². The van der Waals surface area contributed by atoms with Gasteiger partial charge in [0.1, 0.15) is 5.82 Å². The van der Waals surface area contributed by atoms with E-state index in [2.05, 4.69) is 26.4 Å². The normalized spacial score (nSPS) is 16.0. The van der Waals surface area contributed by atoms with Gasteiger partial charge in [-0.25, -0.2) is 4.98 Å². The lowest BCUT2D eigenvalue weighted by atomic mass is 10.0. The molecule has 1 N–H and O–H groups in total. The van der Waals surface area contributed by atoms with Crippen molar-refractivity contribution in [2.75, 3.05) is 0 Å². The second-order valence-corrected chi connectivity index (χ2v) is 5.79. The molecule has 2 aromatic heterocycles. The van der Waals surface area contributed by atoms with Gasteiger partial charge >= 0.3 is 0 Å². The number of terminal acetylenes is 1. The van der Waals surface area contributed by atoms with Gasteiger partial charge in [0.05, 0.1) is 17.8 Å². The van der Waals surface area contributed by atoms with Crippen molar-refractivity contribution in [3.63, 3.8) is 0 Å². The molecule has 6 heteroatoms. The molecule has 0 radical (unpaired) electrons. The number of rotatable bonds is 7. The van der Waals surface area contributed by atoms with Gasteiger partial charge < -0.3 is 9.72 Å². The maximum atomic E-state index is 12.2. The van der Waals surface area contributed by atoms with Crippen molar-refractivity contribution >= 4 is 11.4 Å². The summed E-state index contributed by atoms with van der Waals surface area (Å²) in [5.41, 5.74) is 0.597. The first-order valence-corrected chi connectivity index (χ1v) is 7.72. The average Bonchev–Trinajstić information content (AvgIpc) is 3.20. The molecular weight excluding hydrogens is 290 g/mol. The number of nitrogens with one attached hydrogen (secondary N) is 1. The van der Waals surface area contributed by atoms with E-state index < -0.39 is 5.66 Å². The number of carbonyl (C=O) groups is 1. The van der Waals surface area contributed by atoms with Gasteiger partial charge in [0.25, 0.3) is 0 Å². The number of nitrogens with zero attached hydrogens (tertiary/aromatic N) is 4. The highest BCUT2D eigenvalue weighted by Gasteiger charge is 2.39. The molecule has 0 bridgehead atoms. The number of aromatic nitrogens is 2. The van der Waals surface area contributed by atoms with Crippen LogP contribution in [0.1, 0.15) is 44.5 Å². The zero-order chi connectivity index (χ0) is 16.3. The SMILES string of the molecule is C#CCCC1(CCC(=O)N[C@H](C)c2ncc3ccccn23)N=N1. The molecule has 1 aliphatic rings. The minimum absolute atomic E-state index is 0.0254. The standard InChI is InChI=1S/C17H19N5O/c1-3-4-9-17(20-21-17)10-8-15(23)19-13(2)16-18-12-14-7-5-6-11-22(14)16/h1,5-7,11-13H,4,8-10H2,2H3,(H,19,23)/t13-/m1/s1. The summed E-state index contributed by atoms with van der Waals surface area (Å²) in [6.45, 7) is 1.93. The summed E-state index contributed by atoms with van der Waals surface area (Å²) in [6.07, 6.45) is 11.3. The Hall–Kier alpha value is -2.68. The third-order valence-corrected chi connectivity index (χ3v) is 4.04. The van der Waals surface area contributed by atoms with Gasteiger partial charge in [0.15, 0.2) is 5.66 Å². The minimum Gasteiger partial charge on any atom is -0.346 e. The molecule has 0 saturated carbocycles. The molecule has 1 atom stereocenters. The molecule has 0 spiro atoms. The zero-order valence-electron chi connectivity index (χ0n) is 13.1. The summed E-state index contributed by atoms with van der Waals surface area (Å²) in [4.78, 5) is 16.6. The molecule has 23 heavy (non-hydrogen) atoms. The second kappa shape index (κ2) is 6.21. The summed E-state index contributed by atoms with van der Waals surface area (Å²) in [6, 6.07) is 5.72. The topological polar surface area (TPSA) is 71.1 Å². The Morgan fingerprint density at radius 2 is 2.26 bits per heavy atom. The Kier molecular flexibility index (Phi) is 4.11. The molecule has 0 fully saturated rings. The molecule has 1 amide bonds. The largest absolute Gasteiger partial charge is 0.346 e. The van der Waals surface area contributed by atoms with E-state index in [1.165, 1.54) is 0 Å². The van der Waals surface area contributed by atoms with Gasteiger partial charge in [-0.2, -0.15) is 10.2 Å². The highest BCUT2D eigenvalue weighted by molar-refractivity contribution is 5.76. The highest BCUT2D eigenvalue weighted by atomic mass is 16.1. The van der Waals surface area contributed by atoms with E-state index in [-0.39, 0.29) is 11.9 Å². The smallest absolute Gasteiger partial charge is 0.220 e. The van der Waals surface area contributed by atoms with Crippen molar-refractivity contribution in [2.45, 2.75) is 44.3 Å². The van der Waals surface area contributed by atoms with Gasteiger partial charge in [-0.15, -0.1) is 12.3 Å². The summed E-state index contributed by atoms with van der Waals surface area (Å²) in [5.74, 6) is 3.38. The first-order chi connectivity index (χ1) is 11.1. The Bertz CT molecular complexity index is 780. The summed E-state index contributed by atoms with van der Waals surface area (Å²) < 4.78 is 1.98. The van der Waals surface area contributed by atoms with Gasteiger partial charge in [-0.3, -0.25) is 4.79 Å². The van der Waals surface area contributed by atoms with Crippen LogP contribution in [0.25, 0.3) is 5.52 Å². The van der Waals surface area contributed by atoms with E-state index in [1.54, 1.807) is 6.20 Å². The molecular formula is C17H19N5O. The second-order valence-electron chi connectivity index (χ2n) is 5.79. The highest BCUT2D eigenvalue weighted by Crippen LogP contribution is 2.37. The Balaban J connectivity index is 1.55. The third-order valence-electron chi connectivity index (χ3n) is 4.04. The third kappa shape index (κ3) is 3.39. The summed E-state index contributed by atoms with van der Waals surface area (Å²) in [5, 5.41) is 11.1. The monoisotopic (exact) mass is 309 g/mol. The van der Waals surface area contributed by atoms with Crippen LogP contribution in [0, 0.1) is 12.3 Å². The molecule has 6 nitrogen and oxygen atoms in total. The predicted octanol–water partition coefficient (Wildman–Crippen LogP) is 2.87. The van der Waals surface area contributed by atoms with E-state index in [1.807, 2.05) is 35.7 Å². The maximum Gasteiger partial charge on any atom is 0.220 e. The lowest BCUT2D eigenvalue weighted by molar-refractivity contribution is -0.122. The van der Waals surface area contributed by atoms with E-state index >= 15 is 0 Å². The Morgan fingerprint density at radius 1 is 1.43 bits per heavy atom. The first kappa shape index (κ1) is 15.2. The molecule has 0 unspecified atom stereocenters. The van der Waals surface area contributed by atoms with Gasteiger partial charge in [0, 0.05) is 31.9 Å². The number of hydrogen-bond donors (Lipinski definition) is 1. The van der Waals surface area contributed by atoms with Crippen LogP contribution in [0.15, 0.2) is 40.8 Å². The van der Waals surface area contributed by atoms with Crippen molar-refractivity contribution in [1.82, 2.24) is 14.7 Å². The molecule has 0 aliphatic carbocycles. The van der Waals surface area contributed by atoms with Crippen LogP contribution in [-0.2, 0) is 4.79 Å². The van der Waals surface area contributed by atoms with E-state index in [9.17, 15) is 4.79 Å². The molecule has 1 aliphatic heterocycles. The number of carbonyl (C=O) groups excluding carboxylic acids is 1. The quantitative estimate of drug-likeness (QED) is 0.799. The van der Waals surface area contributed by atoms with Crippen molar-refractivity contribution in [3.8, 4) is 12.3 Å². The zero-order valence-corrected chi connectivity index (χ0v) is 13.1. The maximum absolute atomic E-state index is 12.2. The molecule has 0 aromatic carbocycles. The predicted molar refractivity (Wildman–Crippen MR) is 86.6 cm³/mol. The number of hydrogen-bond acceptors (Lipinski definition) is 4. The van der Waals surface area contributed by atoms with Crippen LogP contribution >= 0.6 is 0 Å². The minimum atomic E-state index is -0.410. The number of amides is 1. The van der Waals surface area contributed by atoms with E-state index in [0.717, 1.165) is 17.8 Å². The van der Waals surface area contributed by atoms with E-state index in [0.29, 0.717) is 19.3 Å². The van der Waals surface area contributed by atoms with Crippen molar-refractivity contribution in [2.24, 2.45) is 10.2 Å². The lowest BCUT2D eigenvalue weighted by Gasteiger charge is -2.14. The van der Waals surface area contributed by atoms with Gasteiger partial charge in [-0.05, 0) is 19.1 Å². The van der Waals surface area contributed by atoms with Crippen LogP contribution in [0.3, 0.4) is 0 Å². The van der Waals surface area contributed by atoms with Crippen LogP contribution in [0.5, 0.6) is 0 Å². The molecule has 3 heterocycles. The number of imidazole rings is 1. The first-order valence-electron chi connectivity index (χ1n) is 7.72. The van der Waals surface area contributed by atoms with E-state index in [4.69, 9.17) is 6.42 Å². The fourth-order valence-corrected chi connectivity index (χ4v) is 2.65. The Morgan fingerprint density at radius 3 is 3.00 bits per heavy atom. The van der Waals surface area contributed by atoms with Gasteiger partial charge in [0.2, 0.25) is 5.91 Å². The number of fused-ring (bicyclic) bond motifs is 1. The average molecular weight is 309 g/mol. The molecule has 2 aromatic rings.